The molecule has 1 heterocycles. The van der Waals surface area contributed by atoms with Crippen LogP contribution in [0.5, 0.6) is 0 Å². The van der Waals surface area contributed by atoms with E-state index < -0.39 is 53.5 Å². The second kappa shape index (κ2) is 13.3. The zero-order chi connectivity index (χ0) is 35.9. The van der Waals surface area contributed by atoms with Gasteiger partial charge in [0.05, 0.1) is 11.6 Å². The van der Waals surface area contributed by atoms with Gasteiger partial charge in [-0.1, -0.05) is 32.6 Å². The first kappa shape index (κ1) is 36.5. The number of allylic oxidation sites excluding steroid dienone is 4. The quantitative estimate of drug-likeness (QED) is 0.223. The third kappa shape index (κ3) is 8.02. The van der Waals surface area contributed by atoms with Crippen LogP contribution in [-0.4, -0.2) is 47.9 Å². The van der Waals surface area contributed by atoms with Crippen LogP contribution in [0, 0.1) is 18.2 Å². The molecule has 258 valence electrons. The van der Waals surface area contributed by atoms with Crippen molar-refractivity contribution < 1.29 is 45.1 Å². The van der Waals surface area contributed by atoms with Gasteiger partial charge >= 0.3 is 18.4 Å². The van der Waals surface area contributed by atoms with Gasteiger partial charge in [-0.05, 0) is 115 Å². The number of amides is 2. The van der Waals surface area contributed by atoms with Crippen LogP contribution in [-0.2, 0) is 4.74 Å². The topological polar surface area (TPSA) is 72.6 Å². The number of alkyl halides is 6. The van der Waals surface area contributed by atoms with Crippen LogP contribution in [0.4, 0.5) is 35.5 Å². The summed E-state index contributed by atoms with van der Waals surface area (Å²) in [5, 5.41) is 0. The Hall–Kier alpha value is -4.35. The van der Waals surface area contributed by atoms with Gasteiger partial charge in [-0.3, -0.25) is 9.69 Å². The van der Waals surface area contributed by atoms with Gasteiger partial charge in [-0.2, -0.15) is 26.3 Å². The Morgan fingerprint density at radius 2 is 1.73 bits per heavy atom. The van der Waals surface area contributed by atoms with E-state index in [1.807, 2.05) is 0 Å². The van der Waals surface area contributed by atoms with E-state index in [2.05, 4.69) is 20.4 Å². The van der Waals surface area contributed by atoms with Crippen molar-refractivity contribution in [1.29, 1.82) is 0 Å². The number of hydrogen-bond donors (Lipinski definition) is 1. The highest BCUT2D eigenvalue weighted by atomic mass is 19.4. The van der Waals surface area contributed by atoms with Crippen LogP contribution in [0.1, 0.15) is 68.4 Å². The molecule has 2 amide bonds. The number of primary amides is 1. The summed E-state index contributed by atoms with van der Waals surface area (Å²) < 4.78 is 101. The molecule has 0 unspecified atom stereocenters. The first-order chi connectivity index (χ1) is 22.1. The van der Waals surface area contributed by atoms with E-state index in [4.69, 9.17) is 10.5 Å². The Balaban J connectivity index is 1.69. The monoisotopic (exact) mass is 678 g/mol. The molecule has 4 rings (SSSR count). The predicted octanol–water partition coefficient (Wildman–Crippen LogP) is 9.63. The van der Waals surface area contributed by atoms with Crippen LogP contribution in [0.25, 0.3) is 16.7 Å². The zero-order valence-corrected chi connectivity index (χ0v) is 27.2. The summed E-state index contributed by atoms with van der Waals surface area (Å²) in [5.74, 6) is -1.08. The highest BCUT2D eigenvalue weighted by Crippen LogP contribution is 2.44. The average Bonchev–Trinajstić information content (AvgIpc) is 3.24. The standard InChI is InChI=1S/C36H37F7N2O3/c1-19-13-24(32(44)46)7-9-27(19)29-16-23(8-10-30(29)37)28-11-12-34(5,6)17-25(28)18-45-22(4)31(48-33(45)47)20(2)14-26(36(41,42)43)15-21(3)35(38,39)40/h7-10,13-16,22,31H,2,11-12,17-18H2,1,3-6H3,(H2,44,46)/b21-15+,26-14+/t22-,31+/m0/s1. The zero-order valence-electron chi connectivity index (χ0n) is 27.2. The van der Waals surface area contributed by atoms with Crippen LogP contribution in [0.3, 0.4) is 0 Å². The maximum atomic E-state index is 15.2. The second-order valence-corrected chi connectivity index (χ2v) is 13.2. The van der Waals surface area contributed by atoms with Gasteiger partial charge in [0.2, 0.25) is 5.91 Å². The Labute approximate surface area is 274 Å². The lowest BCUT2D eigenvalue weighted by molar-refractivity contribution is -0.0954. The molecule has 12 heteroatoms. The van der Waals surface area contributed by atoms with Gasteiger partial charge in [0, 0.05) is 23.2 Å². The van der Waals surface area contributed by atoms with E-state index in [-0.39, 0.29) is 29.2 Å². The summed E-state index contributed by atoms with van der Waals surface area (Å²) in [5.41, 5.74) is 6.19. The summed E-state index contributed by atoms with van der Waals surface area (Å²) in [4.78, 5) is 26.1. The summed E-state index contributed by atoms with van der Waals surface area (Å²) in [7, 11) is 0. The molecule has 2 atom stereocenters. The molecule has 0 radical (unpaired) electrons. The summed E-state index contributed by atoms with van der Waals surface area (Å²) in [6.07, 6.45) is -9.72. The molecule has 1 aliphatic carbocycles. The second-order valence-electron chi connectivity index (χ2n) is 13.2. The molecule has 48 heavy (non-hydrogen) atoms. The lowest BCUT2D eigenvalue weighted by Gasteiger charge is -2.35. The van der Waals surface area contributed by atoms with Crippen molar-refractivity contribution in [3.05, 3.63) is 99.9 Å². The highest BCUT2D eigenvalue weighted by Gasteiger charge is 2.43. The fourth-order valence-electron chi connectivity index (χ4n) is 6.16. The van der Waals surface area contributed by atoms with Crippen molar-refractivity contribution in [1.82, 2.24) is 4.90 Å². The molecule has 0 aromatic heterocycles. The minimum Gasteiger partial charge on any atom is -0.439 e. The normalized spacial score (nSPS) is 20.7. The molecule has 0 bridgehead atoms. The van der Waals surface area contributed by atoms with Gasteiger partial charge in [-0.15, -0.1) is 0 Å². The number of aryl methyl sites for hydroxylation is 1. The lowest BCUT2D eigenvalue weighted by atomic mass is 9.72. The van der Waals surface area contributed by atoms with E-state index >= 15 is 4.39 Å². The van der Waals surface area contributed by atoms with Gasteiger partial charge in [-0.25, -0.2) is 9.18 Å². The molecule has 1 aliphatic heterocycles. The van der Waals surface area contributed by atoms with Crippen LogP contribution in [0.2, 0.25) is 0 Å². The molecule has 0 saturated carbocycles. The number of benzene rings is 2. The third-order valence-corrected chi connectivity index (χ3v) is 8.89. The number of halogens is 7. The smallest absolute Gasteiger partial charge is 0.416 e. The van der Waals surface area contributed by atoms with E-state index in [9.17, 15) is 35.9 Å². The number of nitrogens with two attached hydrogens (primary N) is 1. The number of hydrogen-bond acceptors (Lipinski definition) is 3. The van der Waals surface area contributed by atoms with E-state index in [0.717, 1.165) is 23.1 Å². The summed E-state index contributed by atoms with van der Waals surface area (Å²) >= 11 is 0. The van der Waals surface area contributed by atoms with E-state index in [0.29, 0.717) is 42.5 Å². The van der Waals surface area contributed by atoms with Crippen molar-refractivity contribution in [3.8, 4) is 11.1 Å². The SMILES string of the molecule is C=C(/C=C(\C=C(/C)C(F)(F)F)C(F)(F)F)[C@H]1OC(=O)N(CC2=C(c3ccc(F)c(-c4ccc(C(N)=O)cc4C)c3)CCC(C)(C)C2)[C@H]1C. The fraction of sp³-hybridized carbons (Fsp3) is 0.389. The van der Waals surface area contributed by atoms with Gasteiger partial charge in [0.1, 0.15) is 11.9 Å². The van der Waals surface area contributed by atoms with Crippen molar-refractivity contribution in [2.75, 3.05) is 6.54 Å². The molecular formula is C36H37F7N2O3. The Bertz CT molecular complexity index is 1730. The largest absolute Gasteiger partial charge is 0.439 e. The fourth-order valence-corrected chi connectivity index (χ4v) is 6.16. The molecule has 2 aromatic rings. The van der Waals surface area contributed by atoms with Gasteiger partial charge < -0.3 is 10.5 Å². The Morgan fingerprint density at radius 1 is 1.06 bits per heavy atom. The minimum atomic E-state index is -5.12. The summed E-state index contributed by atoms with van der Waals surface area (Å²) in [6.45, 7) is 11.7. The number of carbonyl (C=O) groups is 2. The van der Waals surface area contributed by atoms with Crippen molar-refractivity contribution >= 4 is 17.6 Å². The number of cyclic esters (lactones) is 1. The molecule has 5 nitrogen and oxygen atoms in total. The maximum Gasteiger partial charge on any atom is 0.416 e. The predicted molar refractivity (Wildman–Crippen MR) is 169 cm³/mol. The molecule has 2 aromatic carbocycles. The summed E-state index contributed by atoms with van der Waals surface area (Å²) in [6, 6.07) is 8.64. The molecule has 1 saturated heterocycles. The van der Waals surface area contributed by atoms with Crippen molar-refractivity contribution in [2.24, 2.45) is 11.1 Å². The number of nitrogens with zero attached hydrogens (tertiary/aromatic N) is 1. The number of rotatable bonds is 8. The Morgan fingerprint density at radius 3 is 2.31 bits per heavy atom. The van der Waals surface area contributed by atoms with Crippen LogP contribution in [0.15, 0.2) is 77.4 Å². The molecule has 1 fully saturated rings. The van der Waals surface area contributed by atoms with Crippen molar-refractivity contribution in [2.45, 2.75) is 78.4 Å². The highest BCUT2D eigenvalue weighted by molar-refractivity contribution is 5.94. The van der Waals surface area contributed by atoms with Crippen LogP contribution < -0.4 is 5.73 Å². The average molecular weight is 679 g/mol. The number of ether oxygens (including phenoxy) is 1. The molecular weight excluding hydrogens is 641 g/mol. The first-order valence-electron chi connectivity index (χ1n) is 15.2. The van der Waals surface area contributed by atoms with Gasteiger partial charge in [0.25, 0.3) is 0 Å². The molecule has 2 aliphatic rings. The molecule has 0 spiro atoms. The lowest BCUT2D eigenvalue weighted by Crippen LogP contribution is -2.37. The van der Waals surface area contributed by atoms with Crippen molar-refractivity contribution in [3.63, 3.8) is 0 Å². The van der Waals surface area contributed by atoms with E-state index in [1.54, 1.807) is 38.1 Å². The third-order valence-electron chi connectivity index (χ3n) is 8.89. The number of carbonyl (C=O) groups excluding carboxylic acids is 2. The Kier molecular flexibility index (Phi) is 10.1. The maximum absolute atomic E-state index is 15.2. The minimum absolute atomic E-state index is 0.00384. The van der Waals surface area contributed by atoms with E-state index in [1.165, 1.54) is 17.0 Å². The molecule has 2 N–H and O–H groups in total. The van der Waals surface area contributed by atoms with Gasteiger partial charge in [0.15, 0.2) is 0 Å². The van der Waals surface area contributed by atoms with Crippen LogP contribution >= 0.6 is 0 Å². The first-order valence-corrected chi connectivity index (χ1v) is 15.2.